The highest BCUT2D eigenvalue weighted by atomic mass is 16.2. The van der Waals surface area contributed by atoms with E-state index in [0.717, 1.165) is 17.7 Å². The molecule has 0 aliphatic heterocycles. The number of rotatable bonds is 6. The predicted molar refractivity (Wildman–Crippen MR) is 97.9 cm³/mol. The maximum atomic E-state index is 12.4. The van der Waals surface area contributed by atoms with Crippen LogP contribution in [0.4, 0.5) is 0 Å². The molecule has 3 rings (SSSR count). The Balaban J connectivity index is 1.62. The Bertz CT molecular complexity index is 842. The lowest BCUT2D eigenvalue weighted by atomic mass is 10.0. The lowest BCUT2D eigenvalue weighted by Crippen LogP contribution is -2.36. The lowest BCUT2D eigenvalue weighted by molar-refractivity contribution is -0.122. The van der Waals surface area contributed by atoms with Crippen molar-refractivity contribution in [3.8, 4) is 11.3 Å². The second-order valence-corrected chi connectivity index (χ2v) is 6.21. The van der Waals surface area contributed by atoms with Crippen LogP contribution in [-0.2, 0) is 17.8 Å². The average Bonchev–Trinajstić information content (AvgIpc) is 3.05. The molecule has 0 radical (unpaired) electrons. The molecule has 0 bridgehead atoms. The molecule has 2 heterocycles. The summed E-state index contributed by atoms with van der Waals surface area (Å²) in [6, 6.07) is 14.0. The number of benzene rings is 1. The number of aryl methyl sites for hydroxylation is 1. The minimum absolute atomic E-state index is 0.0416. The fourth-order valence-electron chi connectivity index (χ4n) is 2.90. The smallest absolute Gasteiger partial charge is 0.241 e. The molecule has 1 amide bonds. The van der Waals surface area contributed by atoms with E-state index in [1.807, 2.05) is 37.3 Å². The number of aromatic nitrogens is 3. The number of hydrogen-bond acceptors (Lipinski definition) is 3. The van der Waals surface area contributed by atoms with Crippen LogP contribution in [0.2, 0.25) is 0 Å². The Kier molecular flexibility index (Phi) is 5.23. The van der Waals surface area contributed by atoms with Gasteiger partial charge in [-0.1, -0.05) is 24.3 Å². The first kappa shape index (κ1) is 16.9. The summed E-state index contributed by atoms with van der Waals surface area (Å²) in [6.45, 7) is 4.31. The van der Waals surface area contributed by atoms with Crippen molar-refractivity contribution in [2.75, 3.05) is 0 Å². The zero-order valence-corrected chi connectivity index (χ0v) is 14.5. The summed E-state index contributed by atoms with van der Waals surface area (Å²) in [5.41, 5.74) is 4.40. The van der Waals surface area contributed by atoms with Gasteiger partial charge in [-0.25, -0.2) is 0 Å². The summed E-state index contributed by atoms with van der Waals surface area (Å²) in [5, 5.41) is 7.33. The number of carbonyl (C=O) groups excluding carboxylic acids is 1. The van der Waals surface area contributed by atoms with E-state index >= 15 is 0 Å². The summed E-state index contributed by atoms with van der Waals surface area (Å²) < 4.78 is 1.71. The van der Waals surface area contributed by atoms with E-state index in [-0.39, 0.29) is 18.5 Å². The molecule has 2 aromatic heterocycles. The highest BCUT2D eigenvalue weighted by molar-refractivity contribution is 5.76. The summed E-state index contributed by atoms with van der Waals surface area (Å²) in [4.78, 5) is 16.4. The Morgan fingerprint density at radius 2 is 1.88 bits per heavy atom. The van der Waals surface area contributed by atoms with Crippen molar-refractivity contribution in [2.45, 2.75) is 32.9 Å². The zero-order chi connectivity index (χ0) is 17.6. The topological polar surface area (TPSA) is 59.8 Å². The van der Waals surface area contributed by atoms with E-state index in [0.29, 0.717) is 0 Å². The Morgan fingerprint density at radius 1 is 1.12 bits per heavy atom. The van der Waals surface area contributed by atoms with Gasteiger partial charge in [0.1, 0.15) is 6.54 Å². The van der Waals surface area contributed by atoms with Crippen LogP contribution in [-0.4, -0.2) is 26.7 Å². The van der Waals surface area contributed by atoms with E-state index in [4.69, 9.17) is 0 Å². The zero-order valence-electron chi connectivity index (χ0n) is 14.5. The fourth-order valence-corrected chi connectivity index (χ4v) is 2.90. The van der Waals surface area contributed by atoms with Crippen LogP contribution in [0.25, 0.3) is 11.3 Å². The molecule has 1 N–H and O–H groups in total. The fraction of sp³-hybridized carbons (Fsp3) is 0.250. The number of pyridine rings is 1. The van der Waals surface area contributed by atoms with Gasteiger partial charge in [-0.05, 0) is 49.6 Å². The van der Waals surface area contributed by atoms with Crippen molar-refractivity contribution in [3.05, 3.63) is 72.2 Å². The highest BCUT2D eigenvalue weighted by Crippen LogP contribution is 2.17. The molecule has 128 valence electrons. The van der Waals surface area contributed by atoms with E-state index in [1.165, 1.54) is 11.1 Å². The van der Waals surface area contributed by atoms with Crippen molar-refractivity contribution in [1.82, 2.24) is 20.1 Å². The van der Waals surface area contributed by atoms with Crippen molar-refractivity contribution >= 4 is 5.91 Å². The standard InChI is InChI=1S/C20H22N4O/c1-15-5-3-4-6-18(15)13-16(2)23-20(25)14-24-19(9-12-22-24)17-7-10-21-11-8-17/h3-12,16H,13-14H2,1-2H3,(H,23,25)/t16-/m1/s1. The first-order valence-corrected chi connectivity index (χ1v) is 8.39. The molecule has 0 aliphatic carbocycles. The third kappa shape index (κ3) is 4.32. The molecule has 3 aromatic rings. The Hall–Kier alpha value is -2.95. The van der Waals surface area contributed by atoms with Gasteiger partial charge in [-0.15, -0.1) is 0 Å². The van der Waals surface area contributed by atoms with Gasteiger partial charge in [0, 0.05) is 30.2 Å². The molecular weight excluding hydrogens is 312 g/mol. The minimum Gasteiger partial charge on any atom is -0.352 e. The minimum atomic E-state index is -0.0416. The molecule has 0 saturated heterocycles. The quantitative estimate of drug-likeness (QED) is 0.754. The van der Waals surface area contributed by atoms with Crippen LogP contribution in [0.1, 0.15) is 18.1 Å². The first-order valence-electron chi connectivity index (χ1n) is 8.39. The molecule has 5 heteroatoms. The van der Waals surface area contributed by atoms with E-state index in [9.17, 15) is 4.79 Å². The molecule has 1 atom stereocenters. The van der Waals surface area contributed by atoms with Crippen molar-refractivity contribution < 1.29 is 4.79 Å². The van der Waals surface area contributed by atoms with Crippen LogP contribution >= 0.6 is 0 Å². The normalized spacial score (nSPS) is 11.9. The molecule has 5 nitrogen and oxygen atoms in total. The van der Waals surface area contributed by atoms with Gasteiger partial charge < -0.3 is 5.32 Å². The Labute approximate surface area is 147 Å². The maximum absolute atomic E-state index is 12.4. The molecule has 1 aromatic carbocycles. The average molecular weight is 334 g/mol. The van der Waals surface area contributed by atoms with E-state index in [1.54, 1.807) is 23.3 Å². The SMILES string of the molecule is Cc1ccccc1C[C@@H](C)NC(=O)Cn1nccc1-c1ccncc1. The molecule has 0 aliphatic rings. The van der Waals surface area contributed by atoms with Gasteiger partial charge in [0.15, 0.2) is 0 Å². The largest absolute Gasteiger partial charge is 0.352 e. The van der Waals surface area contributed by atoms with Crippen LogP contribution in [0.3, 0.4) is 0 Å². The number of nitrogens with one attached hydrogen (secondary N) is 1. The molecule has 0 spiro atoms. The second-order valence-electron chi connectivity index (χ2n) is 6.21. The van der Waals surface area contributed by atoms with Crippen molar-refractivity contribution in [3.63, 3.8) is 0 Å². The summed E-state index contributed by atoms with van der Waals surface area (Å²) in [6.07, 6.45) is 5.99. The van der Waals surface area contributed by atoms with Crippen LogP contribution < -0.4 is 5.32 Å². The molecule has 0 unspecified atom stereocenters. The van der Waals surface area contributed by atoms with Crippen LogP contribution in [0.5, 0.6) is 0 Å². The molecule has 25 heavy (non-hydrogen) atoms. The van der Waals surface area contributed by atoms with Crippen molar-refractivity contribution in [2.24, 2.45) is 0 Å². The summed E-state index contributed by atoms with van der Waals surface area (Å²) in [7, 11) is 0. The number of amides is 1. The van der Waals surface area contributed by atoms with Gasteiger partial charge in [0.25, 0.3) is 0 Å². The van der Waals surface area contributed by atoms with E-state index in [2.05, 4.69) is 34.5 Å². The number of hydrogen-bond donors (Lipinski definition) is 1. The molecular formula is C20H22N4O. The van der Waals surface area contributed by atoms with E-state index < -0.39 is 0 Å². The van der Waals surface area contributed by atoms with Crippen molar-refractivity contribution in [1.29, 1.82) is 0 Å². The van der Waals surface area contributed by atoms with Gasteiger partial charge in [0.05, 0.1) is 5.69 Å². The lowest BCUT2D eigenvalue weighted by Gasteiger charge is -2.16. The predicted octanol–water partition coefficient (Wildman–Crippen LogP) is 3.00. The number of carbonyl (C=O) groups is 1. The van der Waals surface area contributed by atoms with Gasteiger partial charge in [-0.2, -0.15) is 5.10 Å². The van der Waals surface area contributed by atoms with Gasteiger partial charge in [-0.3, -0.25) is 14.5 Å². The number of nitrogens with zero attached hydrogens (tertiary/aromatic N) is 3. The van der Waals surface area contributed by atoms with Gasteiger partial charge in [0.2, 0.25) is 5.91 Å². The third-order valence-corrected chi connectivity index (χ3v) is 4.18. The van der Waals surface area contributed by atoms with Crippen LogP contribution in [0.15, 0.2) is 61.1 Å². The first-order chi connectivity index (χ1) is 12.1. The Morgan fingerprint density at radius 3 is 2.64 bits per heavy atom. The summed E-state index contributed by atoms with van der Waals surface area (Å²) >= 11 is 0. The molecule has 0 saturated carbocycles. The summed E-state index contributed by atoms with van der Waals surface area (Å²) in [5.74, 6) is -0.0416. The molecule has 0 fully saturated rings. The second kappa shape index (κ2) is 7.75. The van der Waals surface area contributed by atoms with Gasteiger partial charge >= 0.3 is 0 Å². The maximum Gasteiger partial charge on any atom is 0.241 e. The third-order valence-electron chi connectivity index (χ3n) is 4.18. The van der Waals surface area contributed by atoms with Crippen LogP contribution in [0, 0.1) is 6.92 Å². The monoisotopic (exact) mass is 334 g/mol. The highest BCUT2D eigenvalue weighted by Gasteiger charge is 2.12.